The number of halogens is 2. The second-order valence-corrected chi connectivity index (χ2v) is 8.11. The van der Waals surface area contributed by atoms with Crippen molar-refractivity contribution in [2.75, 3.05) is 13.6 Å². The minimum absolute atomic E-state index is 0.0196. The topological polar surface area (TPSA) is 49.4 Å². The maximum atomic E-state index is 14.5. The number of fused-ring (bicyclic) bond motifs is 2. The Balaban J connectivity index is 2.03. The molecule has 1 saturated carbocycles. The van der Waals surface area contributed by atoms with Crippen LogP contribution in [-0.4, -0.2) is 32.4 Å². The Kier molecular flexibility index (Phi) is 3.98. The first-order chi connectivity index (χ1) is 9.93. The van der Waals surface area contributed by atoms with Crippen LogP contribution in [0.2, 0.25) is 5.02 Å². The van der Waals surface area contributed by atoms with Gasteiger partial charge in [-0.3, -0.25) is 0 Å². The zero-order valence-electron chi connectivity index (χ0n) is 11.8. The van der Waals surface area contributed by atoms with E-state index in [1.807, 2.05) is 0 Å². The number of hydrogen-bond donors (Lipinski definition) is 1. The maximum absolute atomic E-state index is 14.5. The zero-order chi connectivity index (χ0) is 15.2. The monoisotopic (exact) mass is 332 g/mol. The lowest BCUT2D eigenvalue weighted by Gasteiger charge is -2.26. The molecule has 2 bridgehead atoms. The van der Waals surface area contributed by atoms with E-state index in [-0.39, 0.29) is 28.1 Å². The third kappa shape index (κ3) is 2.59. The average molecular weight is 333 g/mol. The molecule has 0 radical (unpaired) electrons. The van der Waals surface area contributed by atoms with Crippen LogP contribution in [0, 0.1) is 11.7 Å². The van der Waals surface area contributed by atoms with Crippen molar-refractivity contribution in [2.24, 2.45) is 5.92 Å². The summed E-state index contributed by atoms with van der Waals surface area (Å²) < 4.78 is 41.5. The average Bonchev–Trinajstić information content (AvgIpc) is 3.05. The van der Waals surface area contributed by atoms with Gasteiger partial charge in [-0.25, -0.2) is 12.8 Å². The summed E-state index contributed by atoms with van der Waals surface area (Å²) in [5.41, 5.74) is 0.271. The number of nitrogens with zero attached hydrogens (tertiary/aromatic N) is 1. The Morgan fingerprint density at radius 3 is 2.76 bits per heavy atom. The molecule has 3 rings (SSSR count). The largest absolute Gasteiger partial charge is 0.316 e. The van der Waals surface area contributed by atoms with E-state index in [9.17, 15) is 12.8 Å². The van der Waals surface area contributed by atoms with E-state index in [0.29, 0.717) is 12.5 Å². The predicted molar refractivity (Wildman–Crippen MR) is 79.2 cm³/mol. The molecule has 1 saturated heterocycles. The lowest BCUT2D eigenvalue weighted by Crippen LogP contribution is -2.38. The van der Waals surface area contributed by atoms with Gasteiger partial charge in [0.2, 0.25) is 10.0 Å². The summed E-state index contributed by atoms with van der Waals surface area (Å²) in [6.45, 7) is 0.737. The molecular formula is C14H18ClFN2O2S. The molecule has 1 aromatic rings. The lowest BCUT2D eigenvalue weighted by atomic mass is 10.1. The summed E-state index contributed by atoms with van der Waals surface area (Å²) in [5.74, 6) is -0.277. The molecule has 0 aromatic heterocycles. The van der Waals surface area contributed by atoms with Crippen LogP contribution in [-0.2, 0) is 16.6 Å². The van der Waals surface area contributed by atoms with E-state index in [2.05, 4.69) is 5.32 Å². The first-order valence-electron chi connectivity index (χ1n) is 7.08. The third-order valence-electron chi connectivity index (χ3n) is 4.39. The van der Waals surface area contributed by atoms with E-state index in [1.165, 1.54) is 16.4 Å². The Labute approximate surface area is 129 Å². The Bertz CT molecular complexity index is 665. The van der Waals surface area contributed by atoms with Gasteiger partial charge in [-0.15, -0.1) is 0 Å². The predicted octanol–water partition coefficient (Wildman–Crippen LogP) is 2.37. The number of piperidine rings is 1. The van der Waals surface area contributed by atoms with Crippen molar-refractivity contribution >= 4 is 21.6 Å². The third-order valence-corrected chi connectivity index (χ3v) is 6.53. The van der Waals surface area contributed by atoms with Gasteiger partial charge >= 0.3 is 0 Å². The highest BCUT2D eigenvalue weighted by Crippen LogP contribution is 2.41. The van der Waals surface area contributed by atoms with Crippen molar-refractivity contribution < 1.29 is 12.8 Å². The van der Waals surface area contributed by atoms with Crippen molar-refractivity contribution in [2.45, 2.75) is 36.7 Å². The molecule has 1 aromatic carbocycles. The van der Waals surface area contributed by atoms with Crippen LogP contribution in [0.1, 0.15) is 24.8 Å². The van der Waals surface area contributed by atoms with E-state index in [1.54, 1.807) is 7.05 Å². The molecule has 2 unspecified atom stereocenters. The molecule has 7 heteroatoms. The van der Waals surface area contributed by atoms with Crippen LogP contribution in [0.3, 0.4) is 0 Å². The van der Waals surface area contributed by atoms with Crippen LogP contribution >= 0.6 is 11.6 Å². The Morgan fingerprint density at radius 2 is 2.19 bits per heavy atom. The quantitative estimate of drug-likeness (QED) is 0.921. The number of benzene rings is 1. The van der Waals surface area contributed by atoms with E-state index in [4.69, 9.17) is 11.6 Å². The van der Waals surface area contributed by atoms with E-state index < -0.39 is 15.8 Å². The van der Waals surface area contributed by atoms with E-state index >= 15 is 0 Å². The molecule has 21 heavy (non-hydrogen) atoms. The van der Waals surface area contributed by atoms with Gasteiger partial charge in [0, 0.05) is 29.7 Å². The van der Waals surface area contributed by atoms with Gasteiger partial charge in [0.15, 0.2) is 0 Å². The highest BCUT2D eigenvalue weighted by atomic mass is 35.5. The molecular weight excluding hydrogens is 315 g/mol. The summed E-state index contributed by atoms with van der Waals surface area (Å²) in [6.07, 6.45) is 2.83. The van der Waals surface area contributed by atoms with Crippen LogP contribution in [0.4, 0.5) is 4.39 Å². The normalized spacial score (nSPS) is 25.7. The van der Waals surface area contributed by atoms with Crippen molar-refractivity contribution in [1.29, 1.82) is 0 Å². The molecule has 2 fully saturated rings. The van der Waals surface area contributed by atoms with Crippen molar-refractivity contribution in [3.05, 3.63) is 28.5 Å². The number of hydrogen-bond acceptors (Lipinski definition) is 3. The Hall–Kier alpha value is -0.690. The molecule has 2 atom stereocenters. The lowest BCUT2D eigenvalue weighted by molar-refractivity contribution is 0.332. The van der Waals surface area contributed by atoms with Gasteiger partial charge in [0.05, 0.1) is 0 Å². The molecule has 1 aliphatic heterocycles. The first kappa shape index (κ1) is 15.2. The van der Waals surface area contributed by atoms with Crippen LogP contribution in [0.15, 0.2) is 17.0 Å². The molecule has 1 N–H and O–H groups in total. The standard InChI is InChI=1S/C14H18ClFN2O2S/c1-17-7-10-5-11(15)6-13(14(10)16)21(19,20)18-8-9-2-3-12(18)4-9/h5-6,9,12,17H,2-4,7-8H2,1H3. The minimum Gasteiger partial charge on any atom is -0.316 e. The van der Waals surface area contributed by atoms with Gasteiger partial charge in [0.1, 0.15) is 10.7 Å². The number of nitrogens with one attached hydrogen (secondary N) is 1. The summed E-state index contributed by atoms with van der Waals surface area (Å²) in [5, 5.41) is 3.06. The van der Waals surface area contributed by atoms with Crippen LogP contribution < -0.4 is 5.32 Å². The summed E-state index contributed by atoms with van der Waals surface area (Å²) in [7, 11) is -2.14. The van der Waals surface area contributed by atoms with Crippen LogP contribution in [0.25, 0.3) is 0 Å². The van der Waals surface area contributed by atoms with Gasteiger partial charge in [-0.05, 0) is 44.4 Å². The summed E-state index contributed by atoms with van der Waals surface area (Å²) in [6, 6.07) is 2.70. The Morgan fingerprint density at radius 1 is 1.43 bits per heavy atom. The van der Waals surface area contributed by atoms with Gasteiger partial charge in [-0.2, -0.15) is 4.31 Å². The molecule has 116 valence electrons. The second kappa shape index (κ2) is 5.50. The van der Waals surface area contributed by atoms with Gasteiger partial charge in [-0.1, -0.05) is 11.6 Å². The molecule has 4 nitrogen and oxygen atoms in total. The molecule has 0 amide bonds. The molecule has 1 aliphatic carbocycles. The zero-order valence-corrected chi connectivity index (χ0v) is 13.3. The highest BCUT2D eigenvalue weighted by Gasteiger charge is 2.45. The van der Waals surface area contributed by atoms with Gasteiger partial charge < -0.3 is 5.32 Å². The van der Waals surface area contributed by atoms with Crippen molar-refractivity contribution in [3.63, 3.8) is 0 Å². The molecule has 1 heterocycles. The maximum Gasteiger partial charge on any atom is 0.246 e. The van der Waals surface area contributed by atoms with Gasteiger partial charge in [0.25, 0.3) is 0 Å². The summed E-state index contributed by atoms with van der Waals surface area (Å²) in [4.78, 5) is -0.298. The number of rotatable bonds is 4. The molecule has 2 aliphatic rings. The summed E-state index contributed by atoms with van der Waals surface area (Å²) >= 11 is 5.97. The van der Waals surface area contributed by atoms with E-state index in [0.717, 1.165) is 19.3 Å². The van der Waals surface area contributed by atoms with Crippen molar-refractivity contribution in [1.82, 2.24) is 9.62 Å². The second-order valence-electron chi connectivity index (χ2n) is 5.81. The number of sulfonamides is 1. The smallest absolute Gasteiger partial charge is 0.246 e. The fraction of sp³-hybridized carbons (Fsp3) is 0.571. The minimum atomic E-state index is -3.82. The SMILES string of the molecule is CNCc1cc(Cl)cc(S(=O)(=O)N2CC3CCC2C3)c1F. The van der Waals surface area contributed by atoms with Crippen LogP contribution in [0.5, 0.6) is 0 Å². The fourth-order valence-corrected chi connectivity index (χ4v) is 5.61. The highest BCUT2D eigenvalue weighted by molar-refractivity contribution is 7.89. The first-order valence-corrected chi connectivity index (χ1v) is 8.89. The molecule has 0 spiro atoms. The fourth-order valence-electron chi connectivity index (χ4n) is 3.43. The van der Waals surface area contributed by atoms with Crippen molar-refractivity contribution in [3.8, 4) is 0 Å².